The van der Waals surface area contributed by atoms with E-state index in [0.29, 0.717) is 28.9 Å². The number of piperidine rings is 2. The lowest BCUT2D eigenvalue weighted by molar-refractivity contribution is -0.0772. The van der Waals surface area contributed by atoms with Crippen molar-refractivity contribution in [2.45, 2.75) is 76.5 Å². The van der Waals surface area contributed by atoms with Crippen LogP contribution in [0.4, 0.5) is 0 Å². The minimum Gasteiger partial charge on any atom is -0.506 e. The number of carbonyl (C=O) groups is 1. The normalized spacial score (nSPS) is 30.3. The molecule has 2 unspecified atom stereocenters. The van der Waals surface area contributed by atoms with Gasteiger partial charge in [0.1, 0.15) is 11.3 Å². The van der Waals surface area contributed by atoms with Crippen molar-refractivity contribution in [3.05, 3.63) is 40.2 Å². The lowest BCUT2D eigenvalue weighted by Crippen LogP contribution is -2.69. The first-order chi connectivity index (χ1) is 14.3. The van der Waals surface area contributed by atoms with Crippen LogP contribution in [0, 0.1) is 5.92 Å². The molecule has 2 N–H and O–H groups in total. The number of fused-ring (bicyclic) bond motifs is 1. The maximum absolute atomic E-state index is 13.4. The second-order valence-corrected chi connectivity index (χ2v) is 9.83. The molecule has 0 radical (unpaired) electrons. The predicted octanol–water partition coefficient (Wildman–Crippen LogP) is 3.42. The van der Waals surface area contributed by atoms with E-state index in [1.54, 1.807) is 10.6 Å². The number of aromatic nitrogens is 1. The van der Waals surface area contributed by atoms with Gasteiger partial charge in [-0.05, 0) is 70.5 Å². The van der Waals surface area contributed by atoms with Crippen LogP contribution in [0.5, 0.6) is 5.75 Å². The number of nitrogens with zero attached hydrogens (tertiary/aromatic N) is 2. The number of amides is 1. The van der Waals surface area contributed by atoms with Crippen LogP contribution in [0.15, 0.2) is 29.1 Å². The number of carbonyl (C=O) groups excluding carboxylic acids is 1. The van der Waals surface area contributed by atoms with Crippen molar-refractivity contribution in [3.63, 3.8) is 0 Å². The van der Waals surface area contributed by atoms with E-state index in [0.717, 1.165) is 25.8 Å². The molecular weight excluding hydrogens is 378 g/mol. The average molecular weight is 410 g/mol. The summed E-state index contributed by atoms with van der Waals surface area (Å²) in [5.41, 5.74) is -0.143. The monoisotopic (exact) mass is 409 g/mol. The molecular formula is C24H31N3O3. The molecule has 0 spiro atoms. The van der Waals surface area contributed by atoms with Crippen LogP contribution < -0.4 is 10.9 Å². The third kappa shape index (κ3) is 2.80. The van der Waals surface area contributed by atoms with Crippen molar-refractivity contribution in [1.29, 1.82) is 0 Å². The molecule has 30 heavy (non-hydrogen) atoms. The molecule has 2 atom stereocenters. The molecule has 2 saturated heterocycles. The number of para-hydroxylation sites is 1. The van der Waals surface area contributed by atoms with Gasteiger partial charge in [-0.1, -0.05) is 19.1 Å². The summed E-state index contributed by atoms with van der Waals surface area (Å²) in [5.74, 6) is 0.00990. The second kappa shape index (κ2) is 6.84. The summed E-state index contributed by atoms with van der Waals surface area (Å²) in [6.07, 6.45) is 5.28. The molecule has 1 aromatic heterocycles. The van der Waals surface area contributed by atoms with Gasteiger partial charge in [-0.15, -0.1) is 0 Å². The summed E-state index contributed by atoms with van der Waals surface area (Å²) in [6.45, 7) is 7.11. The molecule has 1 aromatic carbocycles. The summed E-state index contributed by atoms with van der Waals surface area (Å²) in [7, 11) is 0. The predicted molar refractivity (Wildman–Crippen MR) is 117 cm³/mol. The lowest BCUT2D eigenvalue weighted by Gasteiger charge is -2.61. The summed E-state index contributed by atoms with van der Waals surface area (Å²) < 4.78 is 1.61. The van der Waals surface area contributed by atoms with Crippen LogP contribution in [0.2, 0.25) is 0 Å². The zero-order valence-electron chi connectivity index (χ0n) is 18.0. The van der Waals surface area contributed by atoms with E-state index in [-0.39, 0.29) is 22.9 Å². The Morgan fingerprint density at radius 2 is 1.87 bits per heavy atom. The molecule has 6 heteroatoms. The van der Waals surface area contributed by atoms with Gasteiger partial charge in [0.25, 0.3) is 11.5 Å². The van der Waals surface area contributed by atoms with Crippen LogP contribution in [0.3, 0.4) is 0 Å². The number of aromatic hydroxyl groups is 1. The smallest absolute Gasteiger partial charge is 0.267 e. The highest BCUT2D eigenvalue weighted by Gasteiger charge is 2.54. The minimum absolute atomic E-state index is 0.118. The third-order valence-electron chi connectivity index (χ3n) is 7.66. The largest absolute Gasteiger partial charge is 0.506 e. The van der Waals surface area contributed by atoms with E-state index in [1.807, 2.05) is 32.0 Å². The van der Waals surface area contributed by atoms with Gasteiger partial charge in [0.15, 0.2) is 0 Å². The van der Waals surface area contributed by atoms with Crippen molar-refractivity contribution >= 4 is 16.8 Å². The Balaban J connectivity index is 1.54. The van der Waals surface area contributed by atoms with Crippen molar-refractivity contribution in [3.8, 4) is 5.75 Å². The fourth-order valence-electron chi connectivity index (χ4n) is 6.75. The van der Waals surface area contributed by atoms with E-state index >= 15 is 0 Å². The highest BCUT2D eigenvalue weighted by molar-refractivity contribution is 6.02. The maximum atomic E-state index is 13.4. The van der Waals surface area contributed by atoms with Crippen molar-refractivity contribution in [2.24, 2.45) is 5.92 Å². The molecule has 4 bridgehead atoms. The molecule has 2 aromatic rings. The molecule has 4 fully saturated rings. The Morgan fingerprint density at radius 1 is 1.20 bits per heavy atom. The van der Waals surface area contributed by atoms with Crippen LogP contribution in [0.25, 0.3) is 10.9 Å². The Bertz CT molecular complexity index is 1060. The Hall–Kier alpha value is -2.34. The first kappa shape index (κ1) is 19.6. The first-order valence-corrected chi connectivity index (χ1v) is 11.3. The Labute approximate surface area is 176 Å². The number of hydrogen-bond acceptors (Lipinski definition) is 4. The van der Waals surface area contributed by atoms with Gasteiger partial charge in [0, 0.05) is 29.1 Å². The quantitative estimate of drug-likeness (QED) is 0.811. The standard InChI is InChI=1S/C24H31N3O3/c1-4-26-16-9-15-10-17(26)13-24(11-15,12-16)25-22(29)20-21(28)18-7-5-6-8-19(18)27(14(2)3)23(20)30/h5-8,14-17,28H,4,9-13H2,1-3H3,(H,25,29). The second-order valence-electron chi connectivity index (χ2n) is 9.83. The number of hydrogen-bond donors (Lipinski definition) is 2. The van der Waals surface area contributed by atoms with Gasteiger partial charge in [0.2, 0.25) is 0 Å². The van der Waals surface area contributed by atoms with Gasteiger partial charge in [-0.25, -0.2) is 0 Å². The van der Waals surface area contributed by atoms with E-state index in [1.165, 1.54) is 12.8 Å². The SMILES string of the molecule is CCN1C2CC3CC1CC(NC(=O)c1c(O)c4ccccc4n(C(C)C)c1=O)(C3)C2. The molecule has 2 aliphatic carbocycles. The zero-order valence-corrected chi connectivity index (χ0v) is 18.0. The van der Waals surface area contributed by atoms with Crippen LogP contribution in [0.1, 0.15) is 69.3 Å². The van der Waals surface area contributed by atoms with E-state index in [4.69, 9.17) is 0 Å². The van der Waals surface area contributed by atoms with Gasteiger partial charge in [-0.2, -0.15) is 0 Å². The third-order valence-corrected chi connectivity index (χ3v) is 7.66. The van der Waals surface area contributed by atoms with Crippen LogP contribution in [-0.4, -0.2) is 44.6 Å². The number of nitrogens with one attached hydrogen (secondary N) is 1. The summed E-state index contributed by atoms with van der Waals surface area (Å²) in [6, 6.07) is 8.15. The molecule has 2 aliphatic heterocycles. The van der Waals surface area contributed by atoms with Crippen molar-refractivity contribution < 1.29 is 9.90 Å². The highest BCUT2D eigenvalue weighted by atomic mass is 16.3. The fourth-order valence-corrected chi connectivity index (χ4v) is 6.75. The molecule has 2 saturated carbocycles. The number of benzene rings is 1. The zero-order chi connectivity index (χ0) is 21.2. The van der Waals surface area contributed by atoms with Crippen LogP contribution in [-0.2, 0) is 0 Å². The number of rotatable bonds is 4. The van der Waals surface area contributed by atoms with E-state index < -0.39 is 11.5 Å². The fraction of sp³-hybridized carbons (Fsp3) is 0.583. The highest BCUT2D eigenvalue weighted by Crippen LogP contribution is 2.51. The summed E-state index contributed by atoms with van der Waals surface area (Å²) >= 11 is 0. The van der Waals surface area contributed by atoms with Crippen LogP contribution >= 0.6 is 0 Å². The molecule has 4 aliphatic rings. The molecule has 160 valence electrons. The summed E-state index contributed by atoms with van der Waals surface area (Å²) in [4.78, 5) is 29.3. The molecule has 3 heterocycles. The van der Waals surface area contributed by atoms with E-state index in [9.17, 15) is 14.7 Å². The lowest BCUT2D eigenvalue weighted by atomic mass is 9.59. The number of pyridine rings is 1. The first-order valence-electron chi connectivity index (χ1n) is 11.3. The average Bonchev–Trinajstić information content (AvgIpc) is 2.67. The van der Waals surface area contributed by atoms with Gasteiger partial charge in [-0.3, -0.25) is 14.5 Å². The summed E-state index contributed by atoms with van der Waals surface area (Å²) in [5, 5.41) is 14.7. The molecule has 1 amide bonds. The van der Waals surface area contributed by atoms with Gasteiger partial charge >= 0.3 is 0 Å². The van der Waals surface area contributed by atoms with Gasteiger partial charge < -0.3 is 15.0 Å². The molecule has 6 rings (SSSR count). The van der Waals surface area contributed by atoms with Crippen molar-refractivity contribution in [2.75, 3.05) is 6.54 Å². The van der Waals surface area contributed by atoms with E-state index in [2.05, 4.69) is 17.1 Å². The Morgan fingerprint density at radius 3 is 2.50 bits per heavy atom. The minimum atomic E-state index is -0.428. The Kier molecular flexibility index (Phi) is 4.47. The maximum Gasteiger partial charge on any atom is 0.267 e. The van der Waals surface area contributed by atoms with Gasteiger partial charge in [0.05, 0.1) is 5.52 Å². The topological polar surface area (TPSA) is 74.6 Å². The van der Waals surface area contributed by atoms with Crippen molar-refractivity contribution in [1.82, 2.24) is 14.8 Å². The molecule has 6 nitrogen and oxygen atoms in total.